The Kier molecular flexibility index (Phi) is 5.44. The highest BCUT2D eigenvalue weighted by molar-refractivity contribution is 5.93. The minimum atomic E-state index is -2.90. The fourth-order valence-electron chi connectivity index (χ4n) is 4.05. The molecule has 3 aromatic heterocycles. The molecule has 1 aliphatic rings. The molecule has 1 N–H and O–H groups in total. The second kappa shape index (κ2) is 8.43. The van der Waals surface area contributed by atoms with Gasteiger partial charge in [0.05, 0.1) is 35.9 Å². The van der Waals surface area contributed by atoms with Crippen molar-refractivity contribution < 1.29 is 17.9 Å². The van der Waals surface area contributed by atoms with Crippen LogP contribution in [-0.4, -0.2) is 56.3 Å². The number of fused-ring (bicyclic) bond motifs is 3. The maximum atomic E-state index is 14.7. The Labute approximate surface area is 186 Å². The van der Waals surface area contributed by atoms with Crippen LogP contribution >= 0.6 is 0 Å². The molecular weight excluding hydrogens is 437 g/mol. The lowest BCUT2D eigenvalue weighted by Gasteiger charge is -2.29. The summed E-state index contributed by atoms with van der Waals surface area (Å²) >= 11 is 0. The number of nitrogens with one attached hydrogen (secondary N) is 1. The first-order chi connectivity index (χ1) is 15.9. The second-order valence-electron chi connectivity index (χ2n) is 7.82. The Morgan fingerprint density at radius 2 is 1.85 bits per heavy atom. The average Bonchev–Trinajstić information content (AvgIpc) is 3.29. The Hall–Kier alpha value is -3.54. The van der Waals surface area contributed by atoms with Crippen molar-refractivity contribution in [2.45, 2.75) is 26.3 Å². The van der Waals surface area contributed by atoms with Gasteiger partial charge in [0.15, 0.2) is 5.65 Å². The van der Waals surface area contributed by atoms with Crippen LogP contribution in [-0.2, 0) is 4.74 Å². The molecule has 1 atom stereocenters. The maximum absolute atomic E-state index is 14.7. The first-order valence-corrected chi connectivity index (χ1v) is 10.5. The van der Waals surface area contributed by atoms with E-state index in [-0.39, 0.29) is 5.56 Å². The zero-order valence-electron chi connectivity index (χ0n) is 18.0. The molecular formula is C21H21F3N8O. The number of morpholine rings is 1. The number of aromatic nitrogens is 6. The number of pyridine rings is 1. The molecule has 0 bridgehead atoms. The van der Waals surface area contributed by atoms with Gasteiger partial charge in [-0.1, -0.05) is 18.2 Å². The summed E-state index contributed by atoms with van der Waals surface area (Å²) in [5.74, 6) is -0.0480. The van der Waals surface area contributed by atoms with Crippen LogP contribution in [0.5, 0.6) is 0 Å². The van der Waals surface area contributed by atoms with Crippen LogP contribution in [0.15, 0.2) is 24.3 Å². The summed E-state index contributed by atoms with van der Waals surface area (Å²) in [6.45, 7) is 5.92. The van der Waals surface area contributed by atoms with E-state index in [0.29, 0.717) is 54.6 Å². The van der Waals surface area contributed by atoms with Crippen molar-refractivity contribution in [1.29, 1.82) is 0 Å². The van der Waals surface area contributed by atoms with Gasteiger partial charge >= 0.3 is 0 Å². The third kappa shape index (κ3) is 3.80. The maximum Gasteiger partial charge on any atom is 0.266 e. The lowest BCUT2D eigenvalue weighted by atomic mass is 10.0. The molecule has 33 heavy (non-hydrogen) atoms. The van der Waals surface area contributed by atoms with Gasteiger partial charge in [-0.25, -0.2) is 23.1 Å². The molecule has 5 rings (SSSR count). The zero-order valence-corrected chi connectivity index (χ0v) is 18.0. The molecule has 0 aliphatic carbocycles. The monoisotopic (exact) mass is 458 g/mol. The lowest BCUT2D eigenvalue weighted by Crippen LogP contribution is -2.36. The number of anilines is 2. The van der Waals surface area contributed by atoms with Gasteiger partial charge in [-0.2, -0.15) is 4.52 Å². The van der Waals surface area contributed by atoms with Crippen molar-refractivity contribution in [3.8, 4) is 0 Å². The smallest absolute Gasteiger partial charge is 0.266 e. The Morgan fingerprint density at radius 1 is 1.09 bits per heavy atom. The number of halogens is 3. The molecule has 1 unspecified atom stereocenters. The number of ether oxygens (including phenoxy) is 1. The second-order valence-corrected chi connectivity index (χ2v) is 7.82. The van der Waals surface area contributed by atoms with E-state index in [4.69, 9.17) is 4.74 Å². The van der Waals surface area contributed by atoms with Crippen molar-refractivity contribution in [3.63, 3.8) is 0 Å². The van der Waals surface area contributed by atoms with E-state index in [9.17, 15) is 13.2 Å². The van der Waals surface area contributed by atoms with Gasteiger partial charge in [0.2, 0.25) is 5.65 Å². The summed E-state index contributed by atoms with van der Waals surface area (Å²) in [6.07, 6.45) is -2.90. The summed E-state index contributed by atoms with van der Waals surface area (Å²) in [7, 11) is 0. The summed E-state index contributed by atoms with van der Waals surface area (Å²) in [5.41, 5.74) is 1.32. The zero-order chi connectivity index (χ0) is 23.1. The van der Waals surface area contributed by atoms with Gasteiger partial charge in [-0.3, -0.25) is 0 Å². The number of tetrazole rings is 1. The first-order valence-electron chi connectivity index (χ1n) is 10.5. The molecule has 4 aromatic rings. The molecule has 9 nitrogen and oxygen atoms in total. The van der Waals surface area contributed by atoms with Crippen molar-refractivity contribution in [2.75, 3.05) is 36.5 Å². The van der Waals surface area contributed by atoms with Crippen molar-refractivity contribution in [3.05, 3.63) is 47.0 Å². The van der Waals surface area contributed by atoms with E-state index in [1.165, 1.54) is 12.1 Å². The van der Waals surface area contributed by atoms with E-state index in [0.717, 1.165) is 11.8 Å². The number of nitrogens with zero attached hydrogens (tertiary/aromatic N) is 7. The van der Waals surface area contributed by atoms with Gasteiger partial charge < -0.3 is 15.0 Å². The van der Waals surface area contributed by atoms with Gasteiger partial charge in [0.25, 0.3) is 6.43 Å². The molecule has 0 radical (unpaired) electrons. The molecule has 1 aliphatic heterocycles. The third-order valence-corrected chi connectivity index (χ3v) is 5.68. The van der Waals surface area contributed by atoms with Gasteiger partial charge in [0.1, 0.15) is 17.5 Å². The van der Waals surface area contributed by atoms with E-state index < -0.39 is 23.8 Å². The molecule has 0 amide bonds. The standard InChI is InChI=1S/C21H21F3N8O/c1-11(13-4-3-5-14(17(13)22)18(23)24)25-19-15-10-16(31-6-8-33-9-7-31)21-28-29-30-32(21)20(15)27-12(2)26-19/h3-5,10-11,18H,6-9H2,1-2H3,(H,25,26,27). The van der Waals surface area contributed by atoms with Crippen LogP contribution in [0, 0.1) is 12.7 Å². The van der Waals surface area contributed by atoms with Crippen molar-refractivity contribution in [1.82, 2.24) is 30.0 Å². The minimum absolute atomic E-state index is 0.120. The predicted octanol–water partition coefficient (Wildman–Crippen LogP) is 3.46. The molecule has 12 heteroatoms. The van der Waals surface area contributed by atoms with E-state index in [1.54, 1.807) is 18.4 Å². The fourth-order valence-corrected chi connectivity index (χ4v) is 4.05. The summed E-state index contributed by atoms with van der Waals surface area (Å²) in [6, 6.07) is 5.24. The van der Waals surface area contributed by atoms with E-state index >= 15 is 0 Å². The number of aryl methyl sites for hydroxylation is 1. The number of hydrogen-bond acceptors (Lipinski definition) is 8. The van der Waals surface area contributed by atoms with Crippen LogP contribution in [0.2, 0.25) is 0 Å². The number of benzene rings is 1. The molecule has 172 valence electrons. The first kappa shape index (κ1) is 21.3. The highest BCUT2D eigenvalue weighted by Gasteiger charge is 2.23. The van der Waals surface area contributed by atoms with Gasteiger partial charge in [-0.05, 0) is 30.3 Å². The average molecular weight is 458 g/mol. The van der Waals surface area contributed by atoms with Crippen LogP contribution in [0.4, 0.5) is 24.7 Å². The molecule has 0 saturated carbocycles. The Bertz CT molecular complexity index is 1320. The van der Waals surface area contributed by atoms with Crippen LogP contribution in [0.3, 0.4) is 0 Å². The largest absolute Gasteiger partial charge is 0.378 e. The summed E-state index contributed by atoms with van der Waals surface area (Å²) in [5, 5.41) is 15.9. The molecule has 1 fully saturated rings. The van der Waals surface area contributed by atoms with E-state index in [1.807, 2.05) is 6.07 Å². The SMILES string of the molecule is Cc1nc(NC(C)c2cccc(C(F)F)c2F)c2cc(N3CCOCC3)c3nnnn3c2n1. The normalized spacial score (nSPS) is 15.5. The molecule has 4 heterocycles. The minimum Gasteiger partial charge on any atom is -0.378 e. The highest BCUT2D eigenvalue weighted by atomic mass is 19.3. The molecule has 1 aromatic carbocycles. The summed E-state index contributed by atoms with van der Waals surface area (Å²) in [4.78, 5) is 11.1. The number of rotatable bonds is 5. The Balaban J connectivity index is 1.62. The number of alkyl halides is 2. The molecule has 0 spiro atoms. The lowest BCUT2D eigenvalue weighted by molar-refractivity contribution is 0.123. The topological polar surface area (TPSA) is 93.4 Å². The van der Waals surface area contributed by atoms with Crippen LogP contribution in [0.25, 0.3) is 16.7 Å². The number of hydrogen-bond donors (Lipinski definition) is 1. The van der Waals surface area contributed by atoms with Crippen LogP contribution < -0.4 is 10.2 Å². The predicted molar refractivity (Wildman–Crippen MR) is 115 cm³/mol. The van der Waals surface area contributed by atoms with Crippen molar-refractivity contribution in [2.24, 2.45) is 0 Å². The summed E-state index contributed by atoms with van der Waals surface area (Å²) < 4.78 is 48.1. The fraction of sp³-hybridized carbons (Fsp3) is 0.381. The quantitative estimate of drug-likeness (QED) is 0.486. The highest BCUT2D eigenvalue weighted by Crippen LogP contribution is 2.33. The van der Waals surface area contributed by atoms with Crippen molar-refractivity contribution >= 4 is 28.2 Å². The molecule has 1 saturated heterocycles. The van der Waals surface area contributed by atoms with E-state index in [2.05, 4.69) is 35.7 Å². The third-order valence-electron chi connectivity index (χ3n) is 5.68. The van der Waals surface area contributed by atoms with Crippen LogP contribution in [0.1, 0.15) is 36.3 Å². The Morgan fingerprint density at radius 3 is 2.61 bits per heavy atom. The van der Waals surface area contributed by atoms with Gasteiger partial charge in [-0.15, -0.1) is 5.10 Å². The van der Waals surface area contributed by atoms with Gasteiger partial charge in [0, 0.05) is 18.7 Å².